The molecule has 0 aliphatic carbocycles. The van der Waals surface area contributed by atoms with Crippen LogP contribution in [0.3, 0.4) is 0 Å². The highest BCUT2D eigenvalue weighted by Crippen LogP contribution is 2.33. The minimum Gasteiger partial charge on any atom is -0.506 e. The Balaban J connectivity index is 1.69. The summed E-state index contributed by atoms with van der Waals surface area (Å²) in [5, 5.41) is 10.1. The molecular weight excluding hydrogens is 540 g/mol. The first-order valence-corrected chi connectivity index (χ1v) is 10.3. The number of rotatable bonds is 3. The van der Waals surface area contributed by atoms with Gasteiger partial charge in [-0.15, -0.1) is 0 Å². The molecule has 0 unspecified atom stereocenters. The Morgan fingerprint density at radius 1 is 0.963 bits per heavy atom. The number of oxazole rings is 1. The number of nitrogens with zero attached hydrogens (tertiary/aromatic N) is 2. The van der Waals surface area contributed by atoms with Gasteiger partial charge in [-0.3, -0.25) is 4.99 Å². The predicted molar refractivity (Wildman–Crippen MR) is 118 cm³/mol. The first-order valence-electron chi connectivity index (χ1n) is 7.89. The molecule has 0 saturated carbocycles. The van der Waals surface area contributed by atoms with Gasteiger partial charge in [-0.1, -0.05) is 28.1 Å². The first kappa shape index (κ1) is 18.4. The van der Waals surface area contributed by atoms with Gasteiger partial charge in [-0.25, -0.2) is 4.98 Å². The predicted octanol–water partition coefficient (Wildman–Crippen LogP) is 7.24. The molecule has 0 saturated heterocycles. The summed E-state index contributed by atoms with van der Waals surface area (Å²) < 4.78 is 8.23. The third-order valence-corrected chi connectivity index (χ3v) is 5.64. The topological polar surface area (TPSA) is 58.6 Å². The summed E-state index contributed by atoms with van der Waals surface area (Å²) in [5.41, 5.74) is 3.61. The number of halogens is 3. The lowest BCUT2D eigenvalue weighted by Gasteiger charge is -2.02. The van der Waals surface area contributed by atoms with E-state index >= 15 is 0 Å². The second-order valence-corrected chi connectivity index (χ2v) is 8.36. The van der Waals surface area contributed by atoms with Crippen molar-refractivity contribution in [3.8, 4) is 17.2 Å². The maximum Gasteiger partial charge on any atom is 0.228 e. The van der Waals surface area contributed by atoms with E-state index < -0.39 is 0 Å². The van der Waals surface area contributed by atoms with Gasteiger partial charge in [0.25, 0.3) is 0 Å². The lowest BCUT2D eigenvalue weighted by atomic mass is 10.2. The van der Waals surface area contributed by atoms with Gasteiger partial charge in [0.2, 0.25) is 5.89 Å². The van der Waals surface area contributed by atoms with Crippen LogP contribution in [0.2, 0.25) is 0 Å². The summed E-state index contributed by atoms with van der Waals surface area (Å²) >= 11 is 10.2. The normalized spacial score (nSPS) is 11.5. The van der Waals surface area contributed by atoms with Crippen molar-refractivity contribution >= 4 is 70.8 Å². The molecule has 0 aliphatic heterocycles. The smallest absolute Gasteiger partial charge is 0.228 e. The van der Waals surface area contributed by atoms with E-state index in [1.165, 1.54) is 0 Å². The minimum absolute atomic E-state index is 0.140. The van der Waals surface area contributed by atoms with E-state index in [-0.39, 0.29) is 5.75 Å². The van der Waals surface area contributed by atoms with Gasteiger partial charge < -0.3 is 9.52 Å². The van der Waals surface area contributed by atoms with E-state index in [9.17, 15) is 5.11 Å². The Labute approximate surface area is 180 Å². The summed E-state index contributed by atoms with van der Waals surface area (Å²) in [5.74, 6) is 0.688. The Morgan fingerprint density at radius 2 is 1.78 bits per heavy atom. The molecule has 0 bridgehead atoms. The largest absolute Gasteiger partial charge is 0.506 e. The van der Waals surface area contributed by atoms with Crippen LogP contribution in [0.5, 0.6) is 5.75 Å². The summed E-state index contributed by atoms with van der Waals surface area (Å²) in [6, 6.07) is 16.9. The van der Waals surface area contributed by atoms with E-state index in [0.717, 1.165) is 20.0 Å². The van der Waals surface area contributed by atoms with Crippen LogP contribution in [0, 0.1) is 0 Å². The molecule has 4 rings (SSSR count). The van der Waals surface area contributed by atoms with Crippen LogP contribution >= 0.6 is 47.8 Å². The molecule has 134 valence electrons. The third kappa shape index (κ3) is 3.85. The van der Waals surface area contributed by atoms with Crippen LogP contribution in [0.1, 0.15) is 5.56 Å². The van der Waals surface area contributed by atoms with Crippen molar-refractivity contribution in [1.82, 2.24) is 4.98 Å². The molecule has 1 heterocycles. The molecular formula is C20H11Br3N2O2. The maximum absolute atomic E-state index is 10.1. The summed E-state index contributed by atoms with van der Waals surface area (Å²) in [4.78, 5) is 9.02. The lowest BCUT2D eigenvalue weighted by Crippen LogP contribution is -1.84. The van der Waals surface area contributed by atoms with E-state index in [2.05, 4.69) is 57.8 Å². The Kier molecular flexibility index (Phi) is 5.16. The third-order valence-electron chi connectivity index (χ3n) is 3.89. The molecule has 0 fully saturated rings. The highest BCUT2D eigenvalue weighted by molar-refractivity contribution is 9.11. The Bertz CT molecular complexity index is 1190. The van der Waals surface area contributed by atoms with Gasteiger partial charge >= 0.3 is 0 Å². The number of hydrogen-bond donors (Lipinski definition) is 1. The van der Waals surface area contributed by atoms with Gasteiger partial charge in [-0.2, -0.15) is 0 Å². The molecule has 0 amide bonds. The van der Waals surface area contributed by atoms with Crippen LogP contribution in [-0.2, 0) is 0 Å². The number of fused-ring (bicyclic) bond motifs is 1. The van der Waals surface area contributed by atoms with Crippen molar-refractivity contribution in [2.75, 3.05) is 0 Å². The minimum atomic E-state index is 0.140. The first-order chi connectivity index (χ1) is 13.0. The van der Waals surface area contributed by atoms with E-state index in [1.54, 1.807) is 18.3 Å². The molecule has 0 spiro atoms. The fourth-order valence-corrected chi connectivity index (χ4v) is 4.29. The number of aromatic hydroxyl groups is 1. The second kappa shape index (κ2) is 7.58. The van der Waals surface area contributed by atoms with Gasteiger partial charge in [-0.05, 0) is 74.3 Å². The quantitative estimate of drug-likeness (QED) is 0.274. The Hall–Kier alpha value is -1.96. The summed E-state index contributed by atoms with van der Waals surface area (Å²) in [7, 11) is 0. The van der Waals surface area contributed by atoms with Crippen LogP contribution < -0.4 is 0 Å². The van der Waals surface area contributed by atoms with Gasteiger partial charge in [0.1, 0.15) is 11.3 Å². The molecule has 0 aliphatic rings. The van der Waals surface area contributed by atoms with Crippen LogP contribution in [0.25, 0.3) is 22.6 Å². The standard InChI is InChI=1S/C20H11Br3N2O2/c21-12-7-11(19(26)16(23)8-12)10-24-13-5-6-18-17(9-13)25-20(27-18)14-3-1-2-4-15(14)22/h1-10,26H. The average molecular weight is 551 g/mol. The fraction of sp³-hybridized carbons (Fsp3) is 0. The molecule has 4 nitrogen and oxygen atoms in total. The van der Waals surface area contributed by atoms with Crippen molar-refractivity contribution in [2.45, 2.75) is 0 Å². The molecule has 0 radical (unpaired) electrons. The van der Waals surface area contributed by atoms with Crippen molar-refractivity contribution < 1.29 is 9.52 Å². The van der Waals surface area contributed by atoms with Crippen LogP contribution in [-0.4, -0.2) is 16.3 Å². The number of phenolic OH excluding ortho intramolecular Hbond substituents is 1. The highest BCUT2D eigenvalue weighted by Gasteiger charge is 2.11. The molecule has 1 aromatic heterocycles. The maximum atomic E-state index is 10.1. The van der Waals surface area contributed by atoms with E-state index in [1.807, 2.05) is 42.5 Å². The van der Waals surface area contributed by atoms with E-state index in [0.29, 0.717) is 27.2 Å². The van der Waals surface area contributed by atoms with Crippen molar-refractivity contribution in [3.05, 3.63) is 73.6 Å². The number of phenols is 1. The van der Waals surface area contributed by atoms with E-state index in [4.69, 9.17) is 4.42 Å². The summed E-state index contributed by atoms with van der Waals surface area (Å²) in [6.45, 7) is 0. The fourth-order valence-electron chi connectivity index (χ4n) is 2.57. The monoisotopic (exact) mass is 548 g/mol. The molecule has 0 atom stereocenters. The van der Waals surface area contributed by atoms with Gasteiger partial charge in [0, 0.05) is 20.7 Å². The highest BCUT2D eigenvalue weighted by atomic mass is 79.9. The van der Waals surface area contributed by atoms with Crippen molar-refractivity contribution in [3.63, 3.8) is 0 Å². The SMILES string of the molecule is Oc1c(Br)cc(Br)cc1C=Nc1ccc2oc(-c3ccccc3Br)nc2c1. The number of aliphatic imine (C=N–C) groups is 1. The van der Waals surface area contributed by atoms with Crippen molar-refractivity contribution in [1.29, 1.82) is 0 Å². The molecule has 27 heavy (non-hydrogen) atoms. The Morgan fingerprint density at radius 3 is 2.59 bits per heavy atom. The van der Waals surface area contributed by atoms with Crippen molar-refractivity contribution in [2.24, 2.45) is 4.99 Å². The zero-order valence-corrected chi connectivity index (χ0v) is 18.4. The number of benzene rings is 3. The van der Waals surface area contributed by atoms with Gasteiger partial charge in [0.05, 0.1) is 15.7 Å². The zero-order valence-electron chi connectivity index (χ0n) is 13.7. The second-order valence-electron chi connectivity index (χ2n) is 5.73. The molecule has 4 aromatic rings. The lowest BCUT2D eigenvalue weighted by molar-refractivity contribution is 0.471. The molecule has 7 heteroatoms. The molecule has 3 aromatic carbocycles. The summed E-state index contributed by atoms with van der Waals surface area (Å²) in [6.07, 6.45) is 1.61. The van der Waals surface area contributed by atoms with Gasteiger partial charge in [0.15, 0.2) is 5.58 Å². The number of hydrogen-bond acceptors (Lipinski definition) is 4. The van der Waals surface area contributed by atoms with Crippen LogP contribution in [0.15, 0.2) is 77.4 Å². The zero-order chi connectivity index (χ0) is 19.0. The molecule has 1 N–H and O–H groups in total. The average Bonchev–Trinajstić information content (AvgIpc) is 3.07. The number of aromatic nitrogens is 1. The van der Waals surface area contributed by atoms with Crippen LogP contribution in [0.4, 0.5) is 5.69 Å².